The summed E-state index contributed by atoms with van der Waals surface area (Å²) in [6.07, 6.45) is 2.80. The second kappa shape index (κ2) is 13.3. The van der Waals surface area contributed by atoms with Gasteiger partial charge in [0.2, 0.25) is 5.75 Å². The van der Waals surface area contributed by atoms with E-state index in [1.165, 1.54) is 0 Å². The van der Waals surface area contributed by atoms with Gasteiger partial charge in [0.1, 0.15) is 12.0 Å². The number of nitrogens with zero attached hydrogens (tertiary/aromatic N) is 2. The summed E-state index contributed by atoms with van der Waals surface area (Å²) in [5.41, 5.74) is 4.94. The molecular weight excluding hydrogens is 600 g/mol. The predicted molar refractivity (Wildman–Crippen MR) is 176 cm³/mol. The molecule has 0 bridgehead atoms. The summed E-state index contributed by atoms with van der Waals surface area (Å²) in [5.74, 6) is 3.11. The lowest BCUT2D eigenvalue weighted by Gasteiger charge is -2.37. The van der Waals surface area contributed by atoms with Crippen LogP contribution in [0.4, 0.5) is 0 Å². The molecule has 2 heterocycles. The van der Waals surface area contributed by atoms with Gasteiger partial charge in [0, 0.05) is 42.9 Å². The summed E-state index contributed by atoms with van der Waals surface area (Å²) in [6, 6.07) is 17.5. The Labute approximate surface area is 274 Å². The Kier molecular flexibility index (Phi) is 8.95. The first-order valence-corrected chi connectivity index (χ1v) is 15.4. The van der Waals surface area contributed by atoms with Crippen LogP contribution in [0.3, 0.4) is 0 Å². The van der Waals surface area contributed by atoms with Gasteiger partial charge in [-0.05, 0) is 97.6 Å². The number of methoxy groups -OCH3 is 3. The summed E-state index contributed by atoms with van der Waals surface area (Å²) < 4.78 is 30.2. The first-order valence-electron chi connectivity index (χ1n) is 15.4. The van der Waals surface area contributed by atoms with Crippen LogP contribution in [0, 0.1) is 0 Å². The van der Waals surface area contributed by atoms with Gasteiger partial charge in [-0.25, -0.2) is 0 Å². The van der Waals surface area contributed by atoms with E-state index in [0.29, 0.717) is 64.3 Å². The van der Waals surface area contributed by atoms with Crippen molar-refractivity contribution in [2.45, 2.75) is 25.3 Å². The number of aromatic hydroxyl groups is 1. The van der Waals surface area contributed by atoms with Crippen LogP contribution in [-0.4, -0.2) is 75.6 Å². The zero-order valence-electron chi connectivity index (χ0n) is 27.2. The molecule has 0 aliphatic carbocycles. The molecular formula is C37H38N2O8. The summed E-state index contributed by atoms with van der Waals surface area (Å²) >= 11 is 0. The van der Waals surface area contributed by atoms with E-state index in [0.717, 1.165) is 47.9 Å². The summed E-state index contributed by atoms with van der Waals surface area (Å²) in [6.45, 7) is 1.43. The van der Waals surface area contributed by atoms with E-state index in [2.05, 4.69) is 11.9 Å². The fourth-order valence-electron chi connectivity index (χ4n) is 6.32. The van der Waals surface area contributed by atoms with Crippen molar-refractivity contribution in [3.05, 3.63) is 94.0 Å². The number of hydrogen-bond donors (Lipinski definition) is 1. The topological polar surface area (TPSA) is 107 Å². The Morgan fingerprint density at radius 2 is 1.51 bits per heavy atom. The van der Waals surface area contributed by atoms with Crippen LogP contribution >= 0.6 is 0 Å². The van der Waals surface area contributed by atoms with Gasteiger partial charge in [-0.1, -0.05) is 6.07 Å². The van der Waals surface area contributed by atoms with Crippen molar-refractivity contribution >= 4 is 12.2 Å². The molecule has 6 rings (SSSR count). The number of rotatable bonds is 10. The molecule has 0 saturated heterocycles. The van der Waals surface area contributed by atoms with Crippen molar-refractivity contribution < 1.29 is 38.4 Å². The molecule has 0 saturated carbocycles. The lowest BCUT2D eigenvalue weighted by molar-refractivity contribution is 0.0780. The van der Waals surface area contributed by atoms with E-state index in [4.69, 9.17) is 23.7 Å². The van der Waals surface area contributed by atoms with Crippen LogP contribution in [0.1, 0.15) is 49.0 Å². The minimum Gasteiger partial charge on any atom is -0.504 e. The first kappa shape index (κ1) is 31.7. The average Bonchev–Trinajstić information content (AvgIpc) is 3.09. The van der Waals surface area contributed by atoms with E-state index < -0.39 is 0 Å². The van der Waals surface area contributed by atoms with Crippen molar-refractivity contribution in [1.29, 1.82) is 0 Å². The van der Waals surface area contributed by atoms with Gasteiger partial charge in [-0.2, -0.15) is 0 Å². The standard InChI is InChI=1S/C37H38N2O8/c1-38-14-13-25-19-33(44-4)35(45-5)36(47-32-20-27-24(18-31(32)43-3)12-15-39(2)37(27)42)34(25)28(38)16-23-8-11-29(41)30(17-23)46-26-9-6-22(21-40)7-10-26/h6-11,17-21,28,41H,12-16H2,1-5H3/t28-/m1/s1. The zero-order valence-corrected chi connectivity index (χ0v) is 27.2. The highest BCUT2D eigenvalue weighted by molar-refractivity contribution is 5.97. The van der Waals surface area contributed by atoms with Crippen LogP contribution in [0.25, 0.3) is 0 Å². The smallest absolute Gasteiger partial charge is 0.254 e. The minimum absolute atomic E-state index is 0.000683. The molecule has 4 aromatic rings. The lowest BCUT2D eigenvalue weighted by Crippen LogP contribution is -2.34. The monoisotopic (exact) mass is 638 g/mol. The quantitative estimate of drug-likeness (QED) is 0.203. The molecule has 0 spiro atoms. The highest BCUT2D eigenvalue weighted by atomic mass is 16.5. The largest absolute Gasteiger partial charge is 0.504 e. The van der Waals surface area contributed by atoms with Gasteiger partial charge < -0.3 is 33.7 Å². The Hall–Kier alpha value is -5.22. The van der Waals surface area contributed by atoms with Crippen LogP contribution in [0.15, 0.2) is 60.7 Å². The second-order valence-electron chi connectivity index (χ2n) is 11.8. The Balaban J connectivity index is 1.41. The van der Waals surface area contributed by atoms with Gasteiger partial charge in [0.05, 0.1) is 21.3 Å². The number of amides is 1. The summed E-state index contributed by atoms with van der Waals surface area (Å²) in [5, 5.41) is 10.6. The summed E-state index contributed by atoms with van der Waals surface area (Å²) in [4.78, 5) is 28.1. The fourth-order valence-corrected chi connectivity index (χ4v) is 6.32. The molecule has 0 fully saturated rings. The van der Waals surface area contributed by atoms with Crippen molar-refractivity contribution in [3.63, 3.8) is 0 Å². The molecule has 1 N–H and O–H groups in total. The van der Waals surface area contributed by atoms with Crippen LogP contribution < -0.4 is 23.7 Å². The Bertz CT molecular complexity index is 1820. The first-order chi connectivity index (χ1) is 22.7. The molecule has 0 radical (unpaired) electrons. The molecule has 0 unspecified atom stereocenters. The minimum atomic E-state index is -0.158. The third-order valence-electron chi connectivity index (χ3n) is 8.94. The number of hydrogen-bond acceptors (Lipinski definition) is 9. The fraction of sp³-hybridized carbons (Fsp3) is 0.297. The third kappa shape index (κ3) is 6.16. The lowest BCUT2D eigenvalue weighted by atomic mass is 9.87. The van der Waals surface area contributed by atoms with Crippen LogP contribution in [0.2, 0.25) is 0 Å². The molecule has 0 aromatic heterocycles. The van der Waals surface area contributed by atoms with Gasteiger partial charge in [-0.3, -0.25) is 14.5 Å². The van der Waals surface area contributed by atoms with E-state index in [1.54, 1.807) is 69.7 Å². The molecule has 2 aliphatic heterocycles. The Morgan fingerprint density at radius 1 is 0.787 bits per heavy atom. The van der Waals surface area contributed by atoms with Gasteiger partial charge >= 0.3 is 0 Å². The number of ether oxygens (including phenoxy) is 5. The molecule has 244 valence electrons. The zero-order chi connectivity index (χ0) is 33.2. The van der Waals surface area contributed by atoms with Crippen molar-refractivity contribution in [3.8, 4) is 46.0 Å². The van der Waals surface area contributed by atoms with Gasteiger partial charge in [-0.15, -0.1) is 0 Å². The number of aldehydes is 1. The number of fused-ring (bicyclic) bond motifs is 2. The Morgan fingerprint density at radius 3 is 2.21 bits per heavy atom. The SMILES string of the molecule is COc1cc2c(cc1Oc1c(OC)c(OC)cc3c1[C@@H](Cc1ccc(O)c(Oc4ccc(C=O)cc4)c1)N(C)CC3)C(=O)N(C)CC2. The maximum absolute atomic E-state index is 13.1. The van der Waals surface area contributed by atoms with Gasteiger partial charge in [0.15, 0.2) is 34.5 Å². The van der Waals surface area contributed by atoms with Crippen LogP contribution in [0.5, 0.6) is 46.0 Å². The maximum Gasteiger partial charge on any atom is 0.254 e. The molecule has 1 atom stereocenters. The van der Waals surface area contributed by atoms with Crippen molar-refractivity contribution in [2.24, 2.45) is 0 Å². The van der Waals surface area contributed by atoms with E-state index in [-0.39, 0.29) is 17.7 Å². The average molecular weight is 639 g/mol. The number of likely N-dealkylation sites (N-methyl/N-ethyl adjacent to an activating group) is 2. The van der Waals surface area contributed by atoms with Crippen LogP contribution in [-0.2, 0) is 19.3 Å². The van der Waals surface area contributed by atoms with Crippen molar-refractivity contribution in [1.82, 2.24) is 9.80 Å². The number of carbonyl (C=O) groups excluding carboxylic acids is 2. The number of phenolic OH excluding ortho intramolecular Hbond substituents is 1. The third-order valence-corrected chi connectivity index (χ3v) is 8.94. The molecule has 10 heteroatoms. The molecule has 1 amide bonds. The predicted octanol–water partition coefficient (Wildman–Crippen LogP) is 6.21. The molecule has 47 heavy (non-hydrogen) atoms. The molecule has 10 nitrogen and oxygen atoms in total. The highest BCUT2D eigenvalue weighted by Crippen LogP contribution is 2.51. The molecule has 4 aromatic carbocycles. The van der Waals surface area contributed by atoms with E-state index in [1.807, 2.05) is 24.3 Å². The van der Waals surface area contributed by atoms with Gasteiger partial charge in [0.25, 0.3) is 5.91 Å². The normalized spacial score (nSPS) is 15.8. The van der Waals surface area contributed by atoms with E-state index >= 15 is 0 Å². The summed E-state index contributed by atoms with van der Waals surface area (Å²) in [7, 11) is 8.61. The van der Waals surface area contributed by atoms with E-state index in [9.17, 15) is 14.7 Å². The number of carbonyl (C=O) groups is 2. The number of benzene rings is 4. The number of phenols is 1. The second-order valence-corrected chi connectivity index (χ2v) is 11.8. The molecule has 2 aliphatic rings. The van der Waals surface area contributed by atoms with Crippen molar-refractivity contribution in [2.75, 3.05) is 48.5 Å². The maximum atomic E-state index is 13.1. The highest BCUT2D eigenvalue weighted by Gasteiger charge is 2.34.